The highest BCUT2D eigenvalue weighted by Crippen LogP contribution is 2.51. The van der Waals surface area contributed by atoms with Gasteiger partial charge >= 0.3 is 6.18 Å². The van der Waals surface area contributed by atoms with Crippen LogP contribution in [0.25, 0.3) is 0 Å². The summed E-state index contributed by atoms with van der Waals surface area (Å²) in [6.07, 6.45) is -5.10. The van der Waals surface area contributed by atoms with Gasteiger partial charge in [-0.05, 0) is 0 Å². The highest BCUT2D eigenvalue weighted by Gasteiger charge is 2.66. The number of nitriles is 1. The summed E-state index contributed by atoms with van der Waals surface area (Å²) in [5.41, 5.74) is 0. The van der Waals surface area contributed by atoms with Crippen LogP contribution in [0.3, 0.4) is 0 Å². The van der Waals surface area contributed by atoms with Gasteiger partial charge in [0.15, 0.2) is 0 Å². The monoisotopic (exact) mass is 259 g/mol. The summed E-state index contributed by atoms with van der Waals surface area (Å²) in [4.78, 5) is -3.51. The van der Waals surface area contributed by atoms with Gasteiger partial charge in [-0.2, -0.15) is 18.4 Å². The van der Waals surface area contributed by atoms with Gasteiger partial charge in [-0.3, -0.25) is 0 Å². The molecule has 8 heteroatoms. The van der Waals surface area contributed by atoms with Crippen molar-refractivity contribution in [3.63, 3.8) is 0 Å². The molecule has 70 valence electrons. The normalized spacial score (nSPS) is 18.2. The Bertz CT molecular complexity index is 198. The lowest BCUT2D eigenvalue weighted by atomic mass is 10.2. The summed E-state index contributed by atoms with van der Waals surface area (Å²) in [6, 6.07) is 0.703. The highest BCUT2D eigenvalue weighted by atomic mass is 35.6. The van der Waals surface area contributed by atoms with Gasteiger partial charge in [-0.15, -0.1) is 0 Å². The van der Waals surface area contributed by atoms with Gasteiger partial charge in [0, 0.05) is 0 Å². The predicted octanol–water partition coefficient (Wildman–Crippen LogP) is 3.42. The molecule has 0 bridgehead atoms. The number of halogens is 7. The fraction of sp³-hybridized carbons (Fsp3) is 0.750. The summed E-state index contributed by atoms with van der Waals surface area (Å²) in [5, 5.41) is 8.10. The molecule has 12 heavy (non-hydrogen) atoms. The molecule has 1 nitrogen and oxygen atoms in total. The molecule has 1 unspecified atom stereocenters. The molecule has 0 radical (unpaired) electrons. The zero-order valence-electron chi connectivity index (χ0n) is 5.09. The Kier molecular flexibility index (Phi) is 3.42. The van der Waals surface area contributed by atoms with Crippen LogP contribution < -0.4 is 0 Å². The fourth-order valence-electron chi connectivity index (χ4n) is 0.287. The fourth-order valence-corrected chi connectivity index (χ4v) is 0.736. The quantitative estimate of drug-likeness (QED) is 0.613. The van der Waals surface area contributed by atoms with Crippen molar-refractivity contribution in [1.29, 1.82) is 5.26 Å². The zero-order valence-corrected chi connectivity index (χ0v) is 8.12. The Morgan fingerprint density at radius 1 is 1.00 bits per heavy atom. The van der Waals surface area contributed by atoms with Crippen molar-refractivity contribution < 1.29 is 13.2 Å². The second-order valence-electron chi connectivity index (χ2n) is 1.77. The van der Waals surface area contributed by atoms with Crippen molar-refractivity contribution in [2.24, 2.45) is 0 Å². The largest absolute Gasteiger partial charge is 0.425 e. The average molecular weight is 261 g/mol. The minimum absolute atomic E-state index is 0.703. The number of hydrogen-bond donors (Lipinski definition) is 0. The second kappa shape index (κ2) is 3.30. The summed E-state index contributed by atoms with van der Waals surface area (Å²) in [6.45, 7) is 0. The lowest BCUT2D eigenvalue weighted by Gasteiger charge is -2.28. The van der Waals surface area contributed by atoms with E-state index in [0.29, 0.717) is 6.07 Å². The van der Waals surface area contributed by atoms with Gasteiger partial charge in [0.05, 0.1) is 6.07 Å². The molecule has 0 amide bonds. The molecule has 0 aliphatic carbocycles. The van der Waals surface area contributed by atoms with E-state index in [1.807, 2.05) is 0 Å². The molecule has 0 aromatic rings. The molecule has 0 aliphatic heterocycles. The Morgan fingerprint density at radius 3 is 1.33 bits per heavy atom. The lowest BCUT2D eigenvalue weighted by Crippen LogP contribution is -2.49. The maximum Gasteiger partial charge on any atom is 0.425 e. The van der Waals surface area contributed by atoms with E-state index in [1.165, 1.54) is 0 Å². The van der Waals surface area contributed by atoms with E-state index in [4.69, 9.17) is 51.7 Å². The molecule has 0 spiro atoms. The van der Waals surface area contributed by atoms with Crippen LogP contribution in [-0.4, -0.2) is 14.8 Å². The SMILES string of the molecule is N#CC(Cl)(C(F)(F)F)C(Cl)(Cl)Cl. The first-order valence-electron chi connectivity index (χ1n) is 2.30. The van der Waals surface area contributed by atoms with E-state index in [2.05, 4.69) is 0 Å². The Labute approximate surface area is 85.9 Å². The molecule has 0 aliphatic rings. The van der Waals surface area contributed by atoms with Crippen LogP contribution in [0, 0.1) is 11.3 Å². The molecule has 0 fully saturated rings. The standard InChI is InChI=1S/C4Cl4F3N/c5-2(1-12,3(6,7)8)4(9,10)11. The smallest absolute Gasteiger partial charge is 0.196 e. The Morgan fingerprint density at radius 2 is 1.33 bits per heavy atom. The van der Waals surface area contributed by atoms with E-state index in [1.54, 1.807) is 0 Å². The molecular weight excluding hydrogens is 261 g/mol. The van der Waals surface area contributed by atoms with Gasteiger partial charge < -0.3 is 0 Å². The van der Waals surface area contributed by atoms with Crippen LogP contribution in [0.1, 0.15) is 0 Å². The van der Waals surface area contributed by atoms with Crippen molar-refractivity contribution in [3.8, 4) is 6.07 Å². The first-order valence-corrected chi connectivity index (χ1v) is 3.81. The van der Waals surface area contributed by atoms with Gasteiger partial charge in [0.2, 0.25) is 3.79 Å². The minimum Gasteiger partial charge on any atom is -0.196 e. The van der Waals surface area contributed by atoms with Crippen molar-refractivity contribution in [2.75, 3.05) is 0 Å². The third-order valence-corrected chi connectivity index (χ3v) is 2.66. The molecule has 0 heterocycles. The number of rotatable bonds is 0. The molecule has 0 saturated carbocycles. The molecule has 1 atom stereocenters. The van der Waals surface area contributed by atoms with Crippen molar-refractivity contribution in [1.82, 2.24) is 0 Å². The molecule has 0 aromatic carbocycles. The van der Waals surface area contributed by atoms with E-state index < -0.39 is 14.8 Å². The van der Waals surface area contributed by atoms with Crippen LogP contribution in [-0.2, 0) is 0 Å². The van der Waals surface area contributed by atoms with Gasteiger partial charge in [-0.1, -0.05) is 46.4 Å². The van der Waals surface area contributed by atoms with Crippen LogP contribution in [0.2, 0.25) is 0 Å². The average Bonchev–Trinajstić information content (AvgIpc) is 1.81. The van der Waals surface area contributed by atoms with E-state index >= 15 is 0 Å². The van der Waals surface area contributed by atoms with Gasteiger partial charge in [-0.25, -0.2) is 0 Å². The molecule has 0 saturated heterocycles. The van der Waals surface area contributed by atoms with Crippen LogP contribution in [0.15, 0.2) is 0 Å². The maximum atomic E-state index is 12.0. The minimum atomic E-state index is -5.10. The van der Waals surface area contributed by atoms with Gasteiger partial charge in [0.1, 0.15) is 0 Å². The van der Waals surface area contributed by atoms with Crippen LogP contribution >= 0.6 is 46.4 Å². The van der Waals surface area contributed by atoms with Crippen molar-refractivity contribution in [3.05, 3.63) is 0 Å². The van der Waals surface area contributed by atoms with Crippen molar-refractivity contribution >= 4 is 46.4 Å². The molecule has 0 aromatic heterocycles. The highest BCUT2D eigenvalue weighted by molar-refractivity contribution is 6.71. The van der Waals surface area contributed by atoms with E-state index in [9.17, 15) is 13.2 Å². The van der Waals surface area contributed by atoms with E-state index in [-0.39, 0.29) is 0 Å². The third kappa shape index (κ3) is 2.02. The zero-order chi connectivity index (χ0) is 10.2. The molecule has 0 N–H and O–H groups in total. The third-order valence-electron chi connectivity index (χ3n) is 0.935. The molecule has 0 rings (SSSR count). The first-order chi connectivity index (χ1) is 5.06. The summed E-state index contributed by atoms with van der Waals surface area (Å²) < 4.78 is 33.1. The van der Waals surface area contributed by atoms with Gasteiger partial charge in [0.25, 0.3) is 4.87 Å². The topological polar surface area (TPSA) is 23.8 Å². The van der Waals surface area contributed by atoms with Crippen LogP contribution in [0.4, 0.5) is 13.2 Å². The summed E-state index contributed by atoms with van der Waals surface area (Å²) >= 11 is 19.4. The number of hydrogen-bond acceptors (Lipinski definition) is 1. The van der Waals surface area contributed by atoms with Crippen molar-refractivity contribution in [2.45, 2.75) is 14.8 Å². The number of alkyl halides is 7. The summed E-state index contributed by atoms with van der Waals surface area (Å²) in [5.74, 6) is 0. The maximum absolute atomic E-state index is 12.0. The first kappa shape index (κ1) is 12.4. The predicted molar refractivity (Wildman–Crippen MR) is 40.5 cm³/mol. The Balaban J connectivity index is 5.14. The molecular formula is C4Cl4F3N. The van der Waals surface area contributed by atoms with Crippen LogP contribution in [0.5, 0.6) is 0 Å². The number of nitrogens with zero attached hydrogens (tertiary/aromatic N) is 1. The second-order valence-corrected chi connectivity index (χ2v) is 4.61. The lowest BCUT2D eigenvalue weighted by molar-refractivity contribution is -0.147. The Hall–Kier alpha value is 0.440. The summed E-state index contributed by atoms with van der Waals surface area (Å²) in [7, 11) is 0. The van der Waals surface area contributed by atoms with E-state index in [0.717, 1.165) is 0 Å².